The molecule has 45 heavy (non-hydrogen) atoms. The van der Waals surface area contributed by atoms with Crippen molar-refractivity contribution in [2.24, 2.45) is 0 Å². The number of piperazine rings is 1. The average Bonchev–Trinajstić information content (AvgIpc) is 3.01. The van der Waals surface area contributed by atoms with Gasteiger partial charge in [-0.2, -0.15) is 10.5 Å². The highest BCUT2D eigenvalue weighted by atomic mass is 19.1. The van der Waals surface area contributed by atoms with Crippen LogP contribution >= 0.6 is 0 Å². The number of nitriles is 2. The Balaban J connectivity index is 1.90. The first kappa shape index (κ1) is 30.8. The van der Waals surface area contributed by atoms with Crippen LogP contribution in [-0.2, 0) is 4.79 Å². The van der Waals surface area contributed by atoms with E-state index in [1.165, 1.54) is 21.6 Å². The van der Waals surface area contributed by atoms with Crippen molar-refractivity contribution in [3.8, 4) is 34.8 Å². The number of hydrogen-bond acceptors (Lipinski definition) is 8. The number of rotatable bonds is 6. The lowest BCUT2D eigenvalue weighted by Gasteiger charge is -2.41. The molecule has 0 spiro atoms. The van der Waals surface area contributed by atoms with Gasteiger partial charge in [-0.25, -0.2) is 13.8 Å². The number of aromatic hydroxyl groups is 1. The van der Waals surface area contributed by atoms with Crippen LogP contribution in [0.4, 0.5) is 14.5 Å². The Hall–Kier alpha value is -5.62. The SMILES string of the molecule is C=CC(=O)N1CCN(c2c(C#N)c(=O)n(-c3c(C)ccnc3C(C)C)c3nc(-c4c(O)cccc4F)c(F)cc23)CC1CC#N. The molecule has 228 valence electrons. The van der Waals surface area contributed by atoms with E-state index in [1.54, 1.807) is 24.1 Å². The van der Waals surface area contributed by atoms with E-state index in [0.717, 1.165) is 18.2 Å². The number of aromatic nitrogens is 3. The van der Waals surface area contributed by atoms with Crippen LogP contribution in [0.5, 0.6) is 5.75 Å². The Labute approximate surface area is 257 Å². The fourth-order valence-corrected chi connectivity index (χ4v) is 5.86. The van der Waals surface area contributed by atoms with Crippen LogP contribution in [0.2, 0.25) is 0 Å². The Morgan fingerprint density at radius 2 is 1.96 bits per heavy atom. The van der Waals surface area contributed by atoms with E-state index in [9.17, 15) is 25.2 Å². The minimum Gasteiger partial charge on any atom is -0.507 e. The van der Waals surface area contributed by atoms with Gasteiger partial charge in [0.25, 0.3) is 5.56 Å². The van der Waals surface area contributed by atoms with Crippen LogP contribution in [0.15, 0.2) is 54.0 Å². The monoisotopic (exact) mass is 609 g/mol. The van der Waals surface area contributed by atoms with Crippen molar-refractivity contribution in [2.45, 2.75) is 39.2 Å². The van der Waals surface area contributed by atoms with Crippen molar-refractivity contribution in [3.63, 3.8) is 0 Å². The molecule has 0 aliphatic carbocycles. The molecule has 1 aromatic carbocycles. The Morgan fingerprint density at radius 1 is 1.20 bits per heavy atom. The number of amides is 1. The van der Waals surface area contributed by atoms with Crippen molar-refractivity contribution < 1.29 is 18.7 Å². The molecule has 0 radical (unpaired) electrons. The van der Waals surface area contributed by atoms with E-state index in [2.05, 4.69) is 22.6 Å². The van der Waals surface area contributed by atoms with Gasteiger partial charge in [-0.05, 0) is 48.7 Å². The lowest BCUT2D eigenvalue weighted by Crippen LogP contribution is -2.55. The number of carbonyl (C=O) groups excluding carboxylic acids is 1. The maximum absolute atomic E-state index is 16.0. The Bertz CT molecular complexity index is 1990. The van der Waals surface area contributed by atoms with Gasteiger partial charge in [0.2, 0.25) is 5.91 Å². The highest BCUT2D eigenvalue weighted by molar-refractivity contribution is 5.96. The molecule has 10 nitrogen and oxygen atoms in total. The van der Waals surface area contributed by atoms with E-state index in [0.29, 0.717) is 16.9 Å². The number of fused-ring (bicyclic) bond motifs is 1. The summed E-state index contributed by atoms with van der Waals surface area (Å²) >= 11 is 0. The van der Waals surface area contributed by atoms with Crippen LogP contribution in [0.25, 0.3) is 28.0 Å². The molecule has 1 N–H and O–H groups in total. The number of nitrogens with zero attached hydrogens (tertiary/aromatic N) is 7. The number of pyridine rings is 3. The van der Waals surface area contributed by atoms with Gasteiger partial charge in [0.1, 0.15) is 28.9 Å². The van der Waals surface area contributed by atoms with Crippen LogP contribution in [-0.4, -0.2) is 56.1 Å². The first-order valence-electron chi connectivity index (χ1n) is 14.2. The second kappa shape index (κ2) is 12.2. The van der Waals surface area contributed by atoms with Crippen molar-refractivity contribution >= 4 is 22.6 Å². The van der Waals surface area contributed by atoms with Crippen molar-refractivity contribution in [1.82, 2.24) is 19.4 Å². The molecule has 1 atom stereocenters. The second-order valence-electron chi connectivity index (χ2n) is 11.0. The molecule has 1 fully saturated rings. The zero-order chi connectivity index (χ0) is 32.6. The van der Waals surface area contributed by atoms with Gasteiger partial charge in [0.15, 0.2) is 11.5 Å². The lowest BCUT2D eigenvalue weighted by molar-refractivity contribution is -0.128. The van der Waals surface area contributed by atoms with E-state index in [1.807, 2.05) is 19.9 Å². The zero-order valence-electron chi connectivity index (χ0n) is 24.9. The van der Waals surface area contributed by atoms with Gasteiger partial charge >= 0.3 is 0 Å². The number of anilines is 1. The van der Waals surface area contributed by atoms with Gasteiger partial charge < -0.3 is 14.9 Å². The molecule has 0 bridgehead atoms. The van der Waals surface area contributed by atoms with Crippen LogP contribution in [0.3, 0.4) is 0 Å². The van der Waals surface area contributed by atoms with Crippen molar-refractivity contribution in [2.75, 3.05) is 24.5 Å². The molecule has 1 unspecified atom stereocenters. The van der Waals surface area contributed by atoms with E-state index < -0.39 is 40.2 Å². The number of halogens is 2. The number of aryl methyl sites for hydroxylation is 1. The first-order chi connectivity index (χ1) is 21.5. The number of hydrogen-bond donors (Lipinski definition) is 1. The molecular weight excluding hydrogens is 580 g/mol. The molecular formula is C33H29F2N7O3. The zero-order valence-corrected chi connectivity index (χ0v) is 24.9. The normalized spacial score (nSPS) is 14.8. The molecule has 1 aliphatic heterocycles. The standard InChI is InChI=1S/C33H29F2N7O3/c1-5-26(44)41-14-13-40(17-20(41)9-11-36)31-21-15-24(35)29(27-23(34)7-6-8-25(27)43)39-32(21)42(33(45)22(31)16-37)30-19(4)10-12-38-28(30)18(2)3/h5-8,10,12,15,18,20,43H,1,9,13-14,17H2,2-4H3. The summed E-state index contributed by atoms with van der Waals surface area (Å²) in [6.07, 6.45) is 2.71. The minimum atomic E-state index is -1.00. The van der Waals surface area contributed by atoms with Crippen molar-refractivity contribution in [3.05, 3.63) is 88.0 Å². The van der Waals surface area contributed by atoms with Crippen LogP contribution in [0.1, 0.15) is 43.0 Å². The molecule has 1 saturated heterocycles. The summed E-state index contributed by atoms with van der Waals surface area (Å²) in [5, 5.41) is 30.5. The summed E-state index contributed by atoms with van der Waals surface area (Å²) in [6, 6.07) is 9.73. The fourth-order valence-electron chi connectivity index (χ4n) is 5.86. The molecule has 12 heteroatoms. The summed E-state index contributed by atoms with van der Waals surface area (Å²) in [7, 11) is 0. The number of phenolic OH excluding ortho intramolecular Hbond substituents is 1. The predicted molar refractivity (Wildman–Crippen MR) is 164 cm³/mol. The summed E-state index contributed by atoms with van der Waals surface area (Å²) in [6.45, 7) is 9.40. The average molecular weight is 610 g/mol. The van der Waals surface area contributed by atoms with Crippen molar-refractivity contribution in [1.29, 1.82) is 10.5 Å². The molecule has 3 aromatic heterocycles. The van der Waals surface area contributed by atoms with Crippen LogP contribution < -0.4 is 10.5 Å². The smallest absolute Gasteiger partial charge is 0.276 e. The Kier molecular flexibility index (Phi) is 8.34. The highest BCUT2D eigenvalue weighted by Gasteiger charge is 2.34. The van der Waals surface area contributed by atoms with Gasteiger partial charge in [0.05, 0.1) is 41.2 Å². The molecule has 0 saturated carbocycles. The molecule has 4 heterocycles. The van der Waals surface area contributed by atoms with Gasteiger partial charge in [-0.15, -0.1) is 0 Å². The summed E-state index contributed by atoms with van der Waals surface area (Å²) in [5.41, 5.74) is -0.611. The lowest BCUT2D eigenvalue weighted by atomic mass is 10.0. The quantitative estimate of drug-likeness (QED) is 0.306. The Morgan fingerprint density at radius 3 is 2.60 bits per heavy atom. The largest absolute Gasteiger partial charge is 0.507 e. The maximum atomic E-state index is 16.0. The third kappa shape index (κ3) is 5.25. The number of benzene rings is 1. The van der Waals surface area contributed by atoms with Gasteiger partial charge in [-0.3, -0.25) is 19.1 Å². The molecule has 1 aliphatic rings. The first-order valence-corrected chi connectivity index (χ1v) is 14.2. The molecule has 5 rings (SSSR count). The topological polar surface area (TPSA) is 139 Å². The number of carbonyl (C=O) groups is 1. The minimum absolute atomic E-state index is 0.0388. The second-order valence-corrected chi connectivity index (χ2v) is 11.0. The van der Waals surface area contributed by atoms with Gasteiger partial charge in [0, 0.05) is 31.2 Å². The third-order valence-electron chi connectivity index (χ3n) is 7.93. The summed E-state index contributed by atoms with van der Waals surface area (Å²) in [4.78, 5) is 39.1. The summed E-state index contributed by atoms with van der Waals surface area (Å²) < 4.78 is 32.3. The van der Waals surface area contributed by atoms with E-state index in [4.69, 9.17) is 0 Å². The number of phenols is 1. The predicted octanol–water partition coefficient (Wildman–Crippen LogP) is 4.85. The maximum Gasteiger partial charge on any atom is 0.276 e. The fraction of sp³-hybridized carbons (Fsp3) is 0.273. The van der Waals surface area contributed by atoms with Crippen LogP contribution in [0, 0.1) is 41.2 Å². The summed E-state index contributed by atoms with van der Waals surface area (Å²) in [5.74, 6) is -3.02. The van der Waals surface area contributed by atoms with E-state index >= 15 is 8.78 Å². The molecule has 4 aromatic rings. The van der Waals surface area contributed by atoms with Gasteiger partial charge in [-0.1, -0.05) is 26.5 Å². The highest BCUT2D eigenvalue weighted by Crippen LogP contribution is 2.38. The van der Waals surface area contributed by atoms with E-state index in [-0.39, 0.29) is 60.2 Å². The molecule has 1 amide bonds. The third-order valence-corrected chi connectivity index (χ3v) is 7.93.